The van der Waals surface area contributed by atoms with Crippen LogP contribution >= 0.6 is 0 Å². The Labute approximate surface area is 150 Å². The van der Waals surface area contributed by atoms with Gasteiger partial charge in [0, 0.05) is 14.0 Å². The van der Waals surface area contributed by atoms with E-state index in [1.807, 2.05) is 0 Å². The molecule has 0 aromatic rings. The van der Waals surface area contributed by atoms with Crippen molar-refractivity contribution in [3.8, 4) is 0 Å². The third kappa shape index (κ3) is 4.32. The predicted octanol–water partition coefficient (Wildman–Crippen LogP) is -3.14. The highest BCUT2D eigenvalue weighted by molar-refractivity contribution is 5.66. The molecule has 0 aromatic carbocycles. The molecule has 0 saturated carbocycles. The third-order valence-corrected chi connectivity index (χ3v) is 4.46. The van der Waals surface area contributed by atoms with Crippen LogP contribution in [0.3, 0.4) is 0 Å². The average Bonchev–Trinajstić information content (AvgIpc) is 2.58. The largest absolute Gasteiger partial charge is 0.454 e. The van der Waals surface area contributed by atoms with Crippen molar-refractivity contribution in [2.24, 2.45) is 0 Å². The Kier molecular flexibility index (Phi) is 7.30. The minimum Gasteiger partial charge on any atom is -0.454 e. The van der Waals surface area contributed by atoms with Crippen LogP contribution in [0.2, 0.25) is 0 Å². The minimum atomic E-state index is -1.71. The maximum absolute atomic E-state index is 11.4. The summed E-state index contributed by atoms with van der Waals surface area (Å²) >= 11 is 0. The van der Waals surface area contributed by atoms with Gasteiger partial charge in [0.2, 0.25) is 0 Å². The monoisotopic (exact) mass is 382 g/mol. The molecule has 2 aliphatic rings. The van der Waals surface area contributed by atoms with E-state index in [2.05, 4.69) is 0 Å². The molecular weight excluding hydrogens is 356 g/mol. The lowest BCUT2D eigenvalue weighted by atomic mass is 9.97. The Morgan fingerprint density at radius 3 is 2.19 bits per heavy atom. The van der Waals surface area contributed by atoms with Gasteiger partial charge in [-0.25, -0.2) is 0 Å². The zero-order valence-electron chi connectivity index (χ0n) is 14.7. The van der Waals surface area contributed by atoms with E-state index in [1.165, 1.54) is 7.11 Å². The molecule has 0 unspecified atom stereocenters. The highest BCUT2D eigenvalue weighted by Gasteiger charge is 2.51. The second-order valence-corrected chi connectivity index (χ2v) is 6.30. The lowest BCUT2D eigenvalue weighted by Gasteiger charge is -2.46. The van der Waals surface area contributed by atoms with Crippen molar-refractivity contribution in [1.82, 2.24) is 0 Å². The number of ether oxygens (including phenoxy) is 5. The second-order valence-electron chi connectivity index (χ2n) is 6.30. The summed E-state index contributed by atoms with van der Waals surface area (Å²) in [6.45, 7) is 2.07. The highest BCUT2D eigenvalue weighted by Crippen LogP contribution is 2.30. The standard InChI is InChI=1S/C15H26O11/c1-5-8(18)12(22-3)13(24-6(2)17)15(23-5)26-11-9(19)7(4-16)25-14(21)10(11)20/h5,7-16,18-21H,4H2,1-3H3/t5-,7+,8+,9+,10+,11-,12+,13+,14+,15-/m0/s1. The minimum absolute atomic E-state index is 0.625. The summed E-state index contributed by atoms with van der Waals surface area (Å²) in [6, 6.07) is 0. The first-order valence-corrected chi connectivity index (χ1v) is 8.20. The molecule has 2 heterocycles. The Bertz CT molecular complexity index is 475. The fourth-order valence-corrected chi connectivity index (χ4v) is 3.07. The summed E-state index contributed by atoms with van der Waals surface area (Å²) in [7, 11) is 1.31. The Morgan fingerprint density at radius 1 is 1.00 bits per heavy atom. The van der Waals surface area contributed by atoms with Gasteiger partial charge < -0.3 is 49.2 Å². The van der Waals surface area contributed by atoms with Crippen LogP contribution in [0, 0.1) is 0 Å². The lowest BCUT2D eigenvalue weighted by molar-refractivity contribution is -0.354. The number of hydrogen-bond acceptors (Lipinski definition) is 11. The molecular formula is C15H26O11. The molecule has 26 heavy (non-hydrogen) atoms. The van der Waals surface area contributed by atoms with E-state index in [1.54, 1.807) is 6.92 Å². The summed E-state index contributed by atoms with van der Waals surface area (Å²) in [5.41, 5.74) is 0. The van der Waals surface area contributed by atoms with Crippen molar-refractivity contribution in [2.45, 2.75) is 75.3 Å². The van der Waals surface area contributed by atoms with E-state index in [4.69, 9.17) is 23.7 Å². The number of methoxy groups -OCH3 is 1. The molecule has 11 heteroatoms. The summed E-state index contributed by atoms with van der Waals surface area (Å²) in [6.07, 6.45) is -12.9. The van der Waals surface area contributed by atoms with Crippen molar-refractivity contribution >= 4 is 5.97 Å². The average molecular weight is 382 g/mol. The molecule has 0 aliphatic carbocycles. The van der Waals surface area contributed by atoms with Gasteiger partial charge in [0.15, 0.2) is 18.7 Å². The molecule has 5 N–H and O–H groups in total. The topological polar surface area (TPSA) is 164 Å². The van der Waals surface area contributed by atoms with Crippen molar-refractivity contribution in [2.75, 3.05) is 13.7 Å². The Hall–Kier alpha value is -0.890. The SMILES string of the molecule is CO[C@@H]1[C@H](O)[C@H](C)O[C@@H](O[C@@H]2[C@@H](O)[C@H](O)O[C@H](CO)[C@H]2O)[C@@H]1OC(C)=O. The molecule has 0 bridgehead atoms. The molecule has 2 fully saturated rings. The molecule has 2 rings (SSSR count). The molecule has 2 aliphatic heterocycles. The van der Waals surface area contributed by atoms with Gasteiger partial charge in [0.1, 0.15) is 36.6 Å². The van der Waals surface area contributed by atoms with Crippen molar-refractivity contribution in [3.05, 3.63) is 0 Å². The normalized spacial score (nSPS) is 46.8. The van der Waals surface area contributed by atoms with E-state index < -0.39 is 74.0 Å². The smallest absolute Gasteiger partial charge is 0.303 e. The van der Waals surface area contributed by atoms with Crippen molar-refractivity contribution < 1.29 is 54.0 Å². The summed E-state index contributed by atoms with van der Waals surface area (Å²) in [5, 5.41) is 49.5. The van der Waals surface area contributed by atoms with Gasteiger partial charge in [-0.1, -0.05) is 0 Å². The number of hydrogen-bond donors (Lipinski definition) is 5. The van der Waals surface area contributed by atoms with Crippen LogP contribution in [0.5, 0.6) is 0 Å². The first-order valence-electron chi connectivity index (χ1n) is 8.20. The van der Waals surface area contributed by atoms with Crippen LogP contribution in [-0.2, 0) is 28.5 Å². The van der Waals surface area contributed by atoms with Gasteiger partial charge in [0.25, 0.3) is 0 Å². The summed E-state index contributed by atoms with van der Waals surface area (Å²) < 4.78 is 26.3. The molecule has 0 amide bonds. The number of carbonyl (C=O) groups is 1. The van der Waals surface area contributed by atoms with Crippen molar-refractivity contribution in [3.63, 3.8) is 0 Å². The summed E-state index contributed by atoms with van der Waals surface area (Å²) in [5.74, 6) is -0.683. The lowest BCUT2D eigenvalue weighted by Crippen LogP contribution is -2.64. The molecule has 2 saturated heterocycles. The second kappa shape index (κ2) is 8.87. The first-order chi connectivity index (χ1) is 12.2. The molecule has 11 nitrogen and oxygen atoms in total. The van der Waals surface area contributed by atoms with Gasteiger partial charge in [-0.15, -0.1) is 0 Å². The maximum atomic E-state index is 11.4. The van der Waals surface area contributed by atoms with Crippen LogP contribution in [0.15, 0.2) is 0 Å². The molecule has 0 spiro atoms. The fraction of sp³-hybridized carbons (Fsp3) is 0.933. The number of carbonyl (C=O) groups excluding carboxylic acids is 1. The quantitative estimate of drug-likeness (QED) is 0.305. The molecule has 10 atom stereocenters. The third-order valence-electron chi connectivity index (χ3n) is 4.46. The van der Waals surface area contributed by atoms with Gasteiger partial charge >= 0.3 is 5.97 Å². The van der Waals surface area contributed by atoms with Crippen LogP contribution in [0.4, 0.5) is 0 Å². The number of esters is 1. The van der Waals surface area contributed by atoms with E-state index in [9.17, 15) is 30.3 Å². The maximum Gasteiger partial charge on any atom is 0.303 e. The van der Waals surface area contributed by atoms with E-state index in [0.29, 0.717) is 0 Å². The first kappa shape index (κ1) is 21.4. The predicted molar refractivity (Wildman–Crippen MR) is 81.5 cm³/mol. The van der Waals surface area contributed by atoms with Crippen molar-refractivity contribution in [1.29, 1.82) is 0 Å². The van der Waals surface area contributed by atoms with Crippen LogP contribution < -0.4 is 0 Å². The van der Waals surface area contributed by atoms with Crippen LogP contribution in [-0.4, -0.2) is 107 Å². The molecule has 0 radical (unpaired) electrons. The summed E-state index contributed by atoms with van der Waals surface area (Å²) in [4.78, 5) is 11.4. The number of aliphatic hydroxyl groups excluding tert-OH is 5. The van der Waals surface area contributed by atoms with Gasteiger partial charge in [-0.05, 0) is 6.92 Å². The van der Waals surface area contributed by atoms with E-state index in [0.717, 1.165) is 6.92 Å². The van der Waals surface area contributed by atoms with E-state index in [-0.39, 0.29) is 0 Å². The Balaban J connectivity index is 2.23. The Morgan fingerprint density at radius 2 is 1.65 bits per heavy atom. The van der Waals surface area contributed by atoms with Gasteiger partial charge in [-0.2, -0.15) is 0 Å². The van der Waals surface area contributed by atoms with Gasteiger partial charge in [-0.3, -0.25) is 4.79 Å². The fourth-order valence-electron chi connectivity index (χ4n) is 3.07. The zero-order valence-corrected chi connectivity index (χ0v) is 14.7. The van der Waals surface area contributed by atoms with Crippen LogP contribution in [0.25, 0.3) is 0 Å². The molecule has 152 valence electrons. The van der Waals surface area contributed by atoms with Crippen LogP contribution in [0.1, 0.15) is 13.8 Å². The van der Waals surface area contributed by atoms with Gasteiger partial charge in [0.05, 0.1) is 12.7 Å². The number of aliphatic hydroxyl groups is 5. The zero-order chi connectivity index (χ0) is 19.6. The van der Waals surface area contributed by atoms with E-state index >= 15 is 0 Å². The molecule has 0 aromatic heterocycles. The number of rotatable bonds is 5. The highest BCUT2D eigenvalue weighted by atomic mass is 16.7.